The largest absolute Gasteiger partial charge is 0.455 e. The van der Waals surface area contributed by atoms with Gasteiger partial charge in [-0.15, -0.1) is 0 Å². The summed E-state index contributed by atoms with van der Waals surface area (Å²) in [7, 11) is 2.19. The molecule has 0 saturated carbocycles. The highest BCUT2D eigenvalue weighted by molar-refractivity contribution is 6.16. The second-order valence-corrected chi connectivity index (χ2v) is 16.5. The molecule has 42 heavy (non-hydrogen) atoms. The van der Waals surface area contributed by atoms with Gasteiger partial charge in [-0.05, 0) is 86.7 Å². The van der Waals surface area contributed by atoms with Gasteiger partial charge in [0.15, 0.2) is 6.20 Å². The van der Waals surface area contributed by atoms with E-state index < -0.39 is 0 Å². The molecule has 0 aliphatic carbocycles. The summed E-state index contributed by atoms with van der Waals surface area (Å²) in [5, 5.41) is 7.79. The van der Waals surface area contributed by atoms with Gasteiger partial charge >= 0.3 is 0 Å². The fourth-order valence-corrected chi connectivity index (χ4v) is 7.13. The third-order valence-corrected chi connectivity index (χ3v) is 8.63. The zero-order chi connectivity index (χ0) is 30.4. The average molecular weight is 559 g/mol. The van der Waals surface area contributed by atoms with Crippen LogP contribution in [0.25, 0.3) is 43.6 Å². The molecule has 0 amide bonds. The van der Waals surface area contributed by atoms with Crippen molar-refractivity contribution in [3.63, 3.8) is 0 Å². The molecular weight excluding hydrogens is 510 g/mol. The minimum absolute atomic E-state index is 0.112. The lowest BCUT2D eigenvalue weighted by molar-refractivity contribution is -0.659. The summed E-state index contributed by atoms with van der Waals surface area (Å²) in [4.78, 5) is 0. The Kier molecular flexibility index (Phi) is 6.54. The quantitative estimate of drug-likeness (QED) is 0.155. The van der Waals surface area contributed by atoms with Gasteiger partial charge < -0.3 is 4.74 Å². The molecule has 0 saturated heterocycles. The highest BCUT2D eigenvalue weighted by Gasteiger charge is 2.34. The van der Waals surface area contributed by atoms with Crippen molar-refractivity contribution in [3.8, 4) is 22.8 Å². The zero-order valence-electron chi connectivity index (χ0n) is 27.7. The maximum atomic E-state index is 7.16. The van der Waals surface area contributed by atoms with E-state index >= 15 is 0 Å². The van der Waals surface area contributed by atoms with E-state index in [9.17, 15) is 0 Å². The summed E-state index contributed by atoms with van der Waals surface area (Å²) in [5.41, 5.74) is 8.48. The summed E-state index contributed by atoms with van der Waals surface area (Å²) in [5.74, 6) is 2.03. The number of hydrogen-bond donors (Lipinski definition) is 0. The zero-order valence-corrected chi connectivity index (χ0v) is 27.7. The molecule has 1 aromatic heterocycles. The van der Waals surface area contributed by atoms with Crippen LogP contribution >= 0.6 is 0 Å². The first-order valence-electron chi connectivity index (χ1n) is 15.6. The topological polar surface area (TPSA) is 13.1 Å². The lowest BCUT2D eigenvalue weighted by Crippen LogP contribution is -2.32. The van der Waals surface area contributed by atoms with Crippen LogP contribution in [0.1, 0.15) is 84.6 Å². The molecule has 1 aliphatic heterocycles. The molecule has 0 radical (unpaired) electrons. The second-order valence-electron chi connectivity index (χ2n) is 16.5. The molecule has 0 fully saturated rings. The van der Waals surface area contributed by atoms with Crippen molar-refractivity contribution in [2.24, 2.45) is 23.3 Å². The number of fused-ring (bicyclic) bond motifs is 5. The standard InChI is InChI=1S/C40H48NO/c1-24-30-19-25(21-38(2,3)4)15-16-28(30)32(23-40(8,9)10)37-34(24)36-35-29(17-18-41(36)11)27-14-12-13-26(22-39(5,6)7)31(27)20-33(35)42-37/h12-20H,21-23H2,1-11H3/q+1. The Labute approximate surface area is 252 Å². The van der Waals surface area contributed by atoms with E-state index in [0.29, 0.717) is 0 Å². The minimum atomic E-state index is 0.112. The van der Waals surface area contributed by atoms with Crippen LogP contribution in [0.5, 0.6) is 11.5 Å². The van der Waals surface area contributed by atoms with Gasteiger partial charge in [0.25, 0.3) is 0 Å². The molecule has 6 rings (SSSR count). The maximum absolute atomic E-state index is 7.16. The molecular formula is C40H48NO+. The van der Waals surface area contributed by atoms with E-state index in [1.165, 1.54) is 65.8 Å². The van der Waals surface area contributed by atoms with Gasteiger partial charge in [-0.25, -0.2) is 4.57 Å². The van der Waals surface area contributed by atoms with Crippen molar-refractivity contribution in [1.29, 1.82) is 0 Å². The third kappa shape index (κ3) is 5.08. The number of benzene rings is 4. The predicted octanol–water partition coefficient (Wildman–Crippen LogP) is 10.8. The highest BCUT2D eigenvalue weighted by Crippen LogP contribution is 2.53. The molecule has 0 spiro atoms. The molecule has 2 heterocycles. The second kappa shape index (κ2) is 9.56. The molecule has 2 nitrogen and oxygen atoms in total. The summed E-state index contributed by atoms with van der Waals surface area (Å²) in [6.45, 7) is 23.2. The van der Waals surface area contributed by atoms with E-state index in [0.717, 1.165) is 30.8 Å². The lowest BCUT2D eigenvalue weighted by atomic mass is 9.80. The first-order chi connectivity index (χ1) is 19.5. The molecule has 4 aromatic carbocycles. The van der Waals surface area contributed by atoms with Crippen LogP contribution in [-0.2, 0) is 26.3 Å². The van der Waals surface area contributed by atoms with Gasteiger partial charge in [0.05, 0.1) is 10.9 Å². The van der Waals surface area contributed by atoms with Crippen LogP contribution in [-0.4, -0.2) is 0 Å². The van der Waals surface area contributed by atoms with Crippen LogP contribution in [0.15, 0.2) is 54.7 Å². The van der Waals surface area contributed by atoms with E-state index in [-0.39, 0.29) is 16.2 Å². The number of nitrogens with zero attached hydrogens (tertiary/aromatic N) is 1. The number of aromatic nitrogens is 1. The Morgan fingerprint density at radius 1 is 0.667 bits per heavy atom. The van der Waals surface area contributed by atoms with Gasteiger partial charge in [-0.2, -0.15) is 0 Å². The Hall–Kier alpha value is -3.39. The first kappa shape index (κ1) is 28.7. The lowest BCUT2D eigenvalue weighted by Gasteiger charge is -2.29. The van der Waals surface area contributed by atoms with Crippen LogP contribution in [0, 0.1) is 23.2 Å². The van der Waals surface area contributed by atoms with Crippen molar-refractivity contribution < 1.29 is 9.30 Å². The molecule has 0 unspecified atom stereocenters. The van der Waals surface area contributed by atoms with E-state index in [1.54, 1.807) is 0 Å². The average Bonchev–Trinajstić information content (AvgIpc) is 2.85. The normalized spacial score (nSPS) is 13.6. The molecule has 1 aliphatic rings. The summed E-state index contributed by atoms with van der Waals surface area (Å²) >= 11 is 0. The minimum Gasteiger partial charge on any atom is -0.455 e. The highest BCUT2D eigenvalue weighted by atomic mass is 16.5. The van der Waals surface area contributed by atoms with Crippen LogP contribution in [0.2, 0.25) is 0 Å². The number of rotatable bonds is 3. The maximum Gasteiger partial charge on any atom is 0.228 e. The van der Waals surface area contributed by atoms with Crippen molar-refractivity contribution in [2.75, 3.05) is 0 Å². The van der Waals surface area contributed by atoms with Crippen LogP contribution < -0.4 is 9.30 Å². The smallest absolute Gasteiger partial charge is 0.228 e. The van der Waals surface area contributed by atoms with Gasteiger partial charge in [0, 0.05) is 17.0 Å². The monoisotopic (exact) mass is 558 g/mol. The summed E-state index contributed by atoms with van der Waals surface area (Å²) in [6, 6.07) is 18.6. The van der Waals surface area contributed by atoms with Gasteiger partial charge in [-0.3, -0.25) is 0 Å². The van der Waals surface area contributed by atoms with E-state index in [4.69, 9.17) is 4.74 Å². The number of hydrogen-bond acceptors (Lipinski definition) is 1. The van der Waals surface area contributed by atoms with E-state index in [2.05, 4.69) is 136 Å². The van der Waals surface area contributed by atoms with Crippen LogP contribution in [0.3, 0.4) is 0 Å². The van der Waals surface area contributed by atoms with Crippen LogP contribution in [0.4, 0.5) is 0 Å². The Morgan fingerprint density at radius 3 is 2.02 bits per heavy atom. The van der Waals surface area contributed by atoms with Crippen molar-refractivity contribution in [2.45, 2.75) is 88.5 Å². The van der Waals surface area contributed by atoms with E-state index in [1.807, 2.05) is 0 Å². The third-order valence-electron chi connectivity index (χ3n) is 8.63. The Bertz CT molecular complexity index is 1890. The molecule has 0 atom stereocenters. The fourth-order valence-electron chi connectivity index (χ4n) is 7.13. The number of aryl methyl sites for hydroxylation is 2. The summed E-state index contributed by atoms with van der Waals surface area (Å²) in [6.07, 6.45) is 5.27. The molecule has 5 aromatic rings. The molecule has 0 N–H and O–H groups in total. The number of ether oxygens (including phenoxy) is 1. The van der Waals surface area contributed by atoms with Crippen molar-refractivity contribution in [3.05, 3.63) is 77.0 Å². The van der Waals surface area contributed by atoms with Crippen molar-refractivity contribution in [1.82, 2.24) is 0 Å². The fraction of sp³-hybridized carbons (Fsp3) is 0.425. The Morgan fingerprint density at radius 2 is 1.36 bits per heavy atom. The SMILES string of the molecule is Cc1c2c(c(CC(C)(C)C)c3ccc(CC(C)(C)C)cc13)Oc1cc3c(CC(C)(C)C)cccc3c3cc[n+](C)c-2c13. The molecule has 2 heteroatoms. The molecule has 0 bridgehead atoms. The van der Waals surface area contributed by atoms with Gasteiger partial charge in [0.2, 0.25) is 5.69 Å². The first-order valence-corrected chi connectivity index (χ1v) is 15.6. The molecule has 218 valence electrons. The summed E-state index contributed by atoms with van der Waals surface area (Å²) < 4.78 is 9.48. The van der Waals surface area contributed by atoms with Gasteiger partial charge in [-0.1, -0.05) is 98.7 Å². The van der Waals surface area contributed by atoms with Gasteiger partial charge in [0.1, 0.15) is 18.5 Å². The number of pyridine rings is 1. The van der Waals surface area contributed by atoms with Crippen molar-refractivity contribution >= 4 is 32.3 Å². The predicted molar refractivity (Wildman–Crippen MR) is 180 cm³/mol. The Balaban J connectivity index is 1.72.